The summed E-state index contributed by atoms with van der Waals surface area (Å²) < 4.78 is 10.2. The van der Waals surface area contributed by atoms with Gasteiger partial charge in [-0.3, -0.25) is 4.79 Å². The van der Waals surface area contributed by atoms with E-state index in [-0.39, 0.29) is 11.5 Å². The molecule has 4 nitrogen and oxygen atoms in total. The smallest absolute Gasteiger partial charge is 0.166 e. The van der Waals surface area contributed by atoms with Crippen LogP contribution in [0.2, 0.25) is 0 Å². The molecule has 1 N–H and O–H groups in total. The zero-order chi connectivity index (χ0) is 15.2. The van der Waals surface area contributed by atoms with Gasteiger partial charge in [0.1, 0.15) is 17.2 Å². The van der Waals surface area contributed by atoms with Gasteiger partial charge < -0.3 is 14.6 Å². The number of ketones is 1. The lowest BCUT2D eigenvalue weighted by Crippen LogP contribution is -2.03. The Labute approximate surface area is 123 Å². The number of hydrogen-bond donors (Lipinski definition) is 1. The molecular formula is C17H18O4. The Balaban J connectivity index is 2.04. The number of phenols is 1. The molecule has 0 aromatic heterocycles. The van der Waals surface area contributed by atoms with Gasteiger partial charge in [-0.1, -0.05) is 12.1 Å². The van der Waals surface area contributed by atoms with E-state index in [0.717, 1.165) is 11.3 Å². The van der Waals surface area contributed by atoms with E-state index >= 15 is 0 Å². The molecule has 2 aromatic carbocycles. The molecule has 0 atom stereocenters. The van der Waals surface area contributed by atoms with Gasteiger partial charge in [0.15, 0.2) is 5.78 Å². The van der Waals surface area contributed by atoms with E-state index in [4.69, 9.17) is 9.47 Å². The molecule has 0 heterocycles. The fraction of sp³-hybridized carbons (Fsp3) is 0.235. The lowest BCUT2D eigenvalue weighted by atomic mass is 10.0. The summed E-state index contributed by atoms with van der Waals surface area (Å²) in [6.45, 7) is 0. The summed E-state index contributed by atoms with van der Waals surface area (Å²) >= 11 is 0. The molecule has 0 saturated heterocycles. The molecule has 0 aliphatic rings. The maximum absolute atomic E-state index is 12.2. The third-order valence-electron chi connectivity index (χ3n) is 3.29. The number of Topliss-reactive ketones (excluding diaryl/α,β-unsaturated/α-hetero) is 1. The van der Waals surface area contributed by atoms with Gasteiger partial charge in [-0.2, -0.15) is 0 Å². The van der Waals surface area contributed by atoms with E-state index in [1.165, 1.54) is 19.2 Å². The molecule has 0 aliphatic heterocycles. The molecule has 0 aliphatic carbocycles. The van der Waals surface area contributed by atoms with Crippen LogP contribution in [0.4, 0.5) is 0 Å². The first-order valence-corrected chi connectivity index (χ1v) is 6.67. The minimum Gasteiger partial charge on any atom is -0.508 e. The van der Waals surface area contributed by atoms with E-state index in [0.29, 0.717) is 24.2 Å². The maximum Gasteiger partial charge on any atom is 0.166 e. The highest BCUT2D eigenvalue weighted by molar-refractivity contribution is 5.99. The zero-order valence-corrected chi connectivity index (χ0v) is 12.1. The van der Waals surface area contributed by atoms with Crippen molar-refractivity contribution in [1.29, 1.82) is 0 Å². The molecule has 21 heavy (non-hydrogen) atoms. The second kappa shape index (κ2) is 6.79. The number of carbonyl (C=O) groups is 1. The van der Waals surface area contributed by atoms with Crippen LogP contribution >= 0.6 is 0 Å². The van der Waals surface area contributed by atoms with Crippen molar-refractivity contribution < 1.29 is 19.4 Å². The van der Waals surface area contributed by atoms with Crippen LogP contribution in [0.3, 0.4) is 0 Å². The number of aryl methyl sites for hydroxylation is 1. The third-order valence-corrected chi connectivity index (χ3v) is 3.29. The number of carbonyl (C=O) groups excluding carboxylic acids is 1. The van der Waals surface area contributed by atoms with E-state index < -0.39 is 0 Å². The van der Waals surface area contributed by atoms with Gasteiger partial charge in [-0.15, -0.1) is 0 Å². The number of benzene rings is 2. The highest BCUT2D eigenvalue weighted by Crippen LogP contribution is 2.25. The van der Waals surface area contributed by atoms with Gasteiger partial charge in [-0.25, -0.2) is 0 Å². The van der Waals surface area contributed by atoms with E-state index in [1.54, 1.807) is 13.2 Å². The minimum absolute atomic E-state index is 0.0114. The van der Waals surface area contributed by atoms with Crippen LogP contribution in [-0.2, 0) is 6.42 Å². The fourth-order valence-corrected chi connectivity index (χ4v) is 2.10. The summed E-state index contributed by atoms with van der Waals surface area (Å²) in [6.07, 6.45) is 1.03. The van der Waals surface area contributed by atoms with Crippen molar-refractivity contribution in [3.05, 3.63) is 53.6 Å². The summed E-state index contributed by atoms with van der Waals surface area (Å²) in [4.78, 5) is 12.2. The molecule has 110 valence electrons. The van der Waals surface area contributed by atoms with Crippen molar-refractivity contribution in [2.45, 2.75) is 12.8 Å². The van der Waals surface area contributed by atoms with Crippen molar-refractivity contribution in [2.24, 2.45) is 0 Å². The SMILES string of the molecule is COc1ccc(CCC(=O)c2ccc(O)cc2OC)cc1. The summed E-state index contributed by atoms with van der Waals surface area (Å²) in [6, 6.07) is 12.2. The Hall–Kier alpha value is -2.49. The first-order valence-electron chi connectivity index (χ1n) is 6.67. The number of methoxy groups -OCH3 is 2. The van der Waals surface area contributed by atoms with Crippen LogP contribution in [0.1, 0.15) is 22.3 Å². The summed E-state index contributed by atoms with van der Waals surface area (Å²) in [5, 5.41) is 9.40. The number of phenolic OH excluding ortho intramolecular Hbond substituents is 1. The molecule has 0 radical (unpaired) electrons. The molecule has 2 aromatic rings. The fourth-order valence-electron chi connectivity index (χ4n) is 2.10. The molecule has 2 rings (SSSR count). The Morgan fingerprint density at radius 1 is 1.05 bits per heavy atom. The highest BCUT2D eigenvalue weighted by atomic mass is 16.5. The van der Waals surface area contributed by atoms with Crippen LogP contribution in [-0.4, -0.2) is 25.1 Å². The van der Waals surface area contributed by atoms with Gasteiger partial charge in [0.05, 0.1) is 19.8 Å². The summed E-state index contributed by atoms with van der Waals surface area (Å²) in [5.74, 6) is 1.27. The molecule has 0 saturated carbocycles. The van der Waals surface area contributed by atoms with Crippen LogP contribution < -0.4 is 9.47 Å². The standard InChI is InChI=1S/C17H18O4/c1-20-14-7-3-12(4-8-14)5-10-16(19)15-9-6-13(18)11-17(15)21-2/h3-4,6-9,11,18H,5,10H2,1-2H3. The molecule has 0 spiro atoms. The van der Waals surface area contributed by atoms with E-state index in [2.05, 4.69) is 0 Å². The van der Waals surface area contributed by atoms with Crippen molar-refractivity contribution in [2.75, 3.05) is 14.2 Å². The van der Waals surface area contributed by atoms with Gasteiger partial charge in [0, 0.05) is 12.5 Å². The van der Waals surface area contributed by atoms with Crippen molar-refractivity contribution in [1.82, 2.24) is 0 Å². The van der Waals surface area contributed by atoms with Crippen LogP contribution in [0.5, 0.6) is 17.2 Å². The topological polar surface area (TPSA) is 55.8 Å². The predicted octanol–water partition coefficient (Wildman–Crippen LogP) is 3.22. The Kier molecular flexibility index (Phi) is 4.82. The average molecular weight is 286 g/mol. The average Bonchev–Trinajstić information content (AvgIpc) is 2.52. The van der Waals surface area contributed by atoms with E-state index in [9.17, 15) is 9.90 Å². The van der Waals surface area contributed by atoms with Gasteiger partial charge >= 0.3 is 0 Å². The molecule has 0 amide bonds. The quantitative estimate of drug-likeness (QED) is 0.828. The Morgan fingerprint density at radius 2 is 1.76 bits per heavy atom. The molecule has 0 fully saturated rings. The Morgan fingerprint density at radius 3 is 2.38 bits per heavy atom. The summed E-state index contributed by atoms with van der Waals surface area (Å²) in [7, 11) is 3.10. The largest absolute Gasteiger partial charge is 0.508 e. The lowest BCUT2D eigenvalue weighted by Gasteiger charge is -2.08. The summed E-state index contributed by atoms with van der Waals surface area (Å²) in [5.41, 5.74) is 1.56. The zero-order valence-electron chi connectivity index (χ0n) is 12.1. The lowest BCUT2D eigenvalue weighted by molar-refractivity contribution is 0.0980. The van der Waals surface area contributed by atoms with E-state index in [1.807, 2.05) is 24.3 Å². The maximum atomic E-state index is 12.2. The molecule has 0 unspecified atom stereocenters. The normalized spacial score (nSPS) is 10.2. The third kappa shape index (κ3) is 3.75. The number of ether oxygens (including phenoxy) is 2. The number of aromatic hydroxyl groups is 1. The first kappa shape index (κ1) is 14.9. The number of hydrogen-bond acceptors (Lipinski definition) is 4. The van der Waals surface area contributed by atoms with Crippen molar-refractivity contribution >= 4 is 5.78 Å². The minimum atomic E-state index is -0.0114. The van der Waals surface area contributed by atoms with Gasteiger partial charge in [0.25, 0.3) is 0 Å². The van der Waals surface area contributed by atoms with Crippen molar-refractivity contribution in [3.8, 4) is 17.2 Å². The van der Waals surface area contributed by atoms with Gasteiger partial charge in [-0.05, 0) is 36.2 Å². The Bertz CT molecular complexity index is 617. The van der Waals surface area contributed by atoms with Crippen LogP contribution in [0, 0.1) is 0 Å². The molecular weight excluding hydrogens is 268 g/mol. The molecule has 0 bridgehead atoms. The van der Waals surface area contributed by atoms with Crippen LogP contribution in [0.25, 0.3) is 0 Å². The molecule has 4 heteroatoms. The highest BCUT2D eigenvalue weighted by Gasteiger charge is 2.13. The predicted molar refractivity (Wildman–Crippen MR) is 80.3 cm³/mol. The van der Waals surface area contributed by atoms with Crippen LogP contribution in [0.15, 0.2) is 42.5 Å². The first-order chi connectivity index (χ1) is 10.1. The second-order valence-electron chi connectivity index (χ2n) is 4.66. The monoisotopic (exact) mass is 286 g/mol. The second-order valence-corrected chi connectivity index (χ2v) is 4.66. The number of rotatable bonds is 6. The van der Waals surface area contributed by atoms with Gasteiger partial charge in [0.2, 0.25) is 0 Å². The van der Waals surface area contributed by atoms with Crippen molar-refractivity contribution in [3.63, 3.8) is 0 Å².